The second-order valence-corrected chi connectivity index (χ2v) is 7.92. The molecule has 124 valence electrons. The molecule has 0 aliphatic carbocycles. The molecule has 2 aromatic heterocycles. The molecule has 0 spiro atoms. The second kappa shape index (κ2) is 7.08. The van der Waals surface area contributed by atoms with Crippen LogP contribution in [0.25, 0.3) is 11.3 Å². The summed E-state index contributed by atoms with van der Waals surface area (Å²) in [5, 5.41) is 6.00. The van der Waals surface area contributed by atoms with Gasteiger partial charge in [0.2, 0.25) is 10.0 Å². The maximum atomic E-state index is 12.0. The van der Waals surface area contributed by atoms with Crippen LogP contribution in [-0.2, 0) is 16.6 Å². The fraction of sp³-hybridized carbons (Fsp3) is 0.125. The molecule has 0 saturated carbocycles. The lowest BCUT2D eigenvalue weighted by atomic mass is 10.1. The van der Waals surface area contributed by atoms with Crippen molar-refractivity contribution < 1.29 is 8.42 Å². The highest BCUT2D eigenvalue weighted by Crippen LogP contribution is 2.15. The summed E-state index contributed by atoms with van der Waals surface area (Å²) in [5.74, 6) is 0. The highest BCUT2D eigenvalue weighted by atomic mass is 32.2. The number of hydrogen-bond donors (Lipinski definition) is 1. The molecule has 0 atom stereocenters. The average molecular weight is 361 g/mol. The van der Waals surface area contributed by atoms with Gasteiger partial charge in [0, 0.05) is 18.2 Å². The molecule has 3 aromatic rings. The van der Waals surface area contributed by atoms with Gasteiger partial charge in [-0.3, -0.25) is 4.79 Å². The van der Waals surface area contributed by atoms with Crippen molar-refractivity contribution in [3.05, 3.63) is 70.3 Å². The first-order valence-electron chi connectivity index (χ1n) is 7.23. The Kier molecular flexibility index (Phi) is 4.89. The molecule has 3 rings (SSSR count). The van der Waals surface area contributed by atoms with E-state index in [-0.39, 0.29) is 22.9 Å². The number of nitrogens with zero attached hydrogens (tertiary/aromatic N) is 2. The standard InChI is InChI=1S/C16H15N3O3S2/c20-15-9-8-14(13-5-2-1-3-6-13)18-19(15)11-10-17-24(21,22)16-7-4-12-23-16/h1-9,12,17H,10-11H2. The van der Waals surface area contributed by atoms with Crippen molar-refractivity contribution in [1.29, 1.82) is 0 Å². The van der Waals surface area contributed by atoms with Crippen molar-refractivity contribution in [2.45, 2.75) is 10.8 Å². The van der Waals surface area contributed by atoms with Crippen LogP contribution in [0, 0.1) is 0 Å². The topological polar surface area (TPSA) is 81.1 Å². The average Bonchev–Trinajstić information content (AvgIpc) is 3.13. The fourth-order valence-corrected chi connectivity index (χ4v) is 4.20. The van der Waals surface area contributed by atoms with Gasteiger partial charge in [-0.05, 0) is 17.5 Å². The van der Waals surface area contributed by atoms with E-state index in [4.69, 9.17) is 0 Å². The normalized spacial score (nSPS) is 11.5. The molecule has 0 saturated heterocycles. The molecule has 0 amide bonds. The van der Waals surface area contributed by atoms with E-state index < -0.39 is 10.0 Å². The summed E-state index contributed by atoms with van der Waals surface area (Å²) in [5.41, 5.74) is 1.28. The summed E-state index contributed by atoms with van der Waals surface area (Å²) >= 11 is 1.14. The Labute approximate surface area is 143 Å². The minimum absolute atomic E-state index is 0.0887. The predicted molar refractivity (Wildman–Crippen MR) is 93.4 cm³/mol. The van der Waals surface area contributed by atoms with Gasteiger partial charge in [-0.15, -0.1) is 11.3 Å². The van der Waals surface area contributed by atoms with Crippen molar-refractivity contribution in [1.82, 2.24) is 14.5 Å². The van der Waals surface area contributed by atoms with Crippen molar-refractivity contribution in [2.24, 2.45) is 0 Å². The van der Waals surface area contributed by atoms with E-state index in [9.17, 15) is 13.2 Å². The number of benzene rings is 1. The predicted octanol–water partition coefficient (Wildman–Crippen LogP) is 1.95. The Morgan fingerprint density at radius 3 is 2.54 bits per heavy atom. The van der Waals surface area contributed by atoms with E-state index in [1.807, 2.05) is 30.3 Å². The number of aromatic nitrogens is 2. The molecule has 0 radical (unpaired) electrons. The molecular weight excluding hydrogens is 346 g/mol. The number of rotatable bonds is 6. The van der Waals surface area contributed by atoms with Gasteiger partial charge in [0.05, 0.1) is 12.2 Å². The summed E-state index contributed by atoms with van der Waals surface area (Å²) in [6, 6.07) is 15.8. The second-order valence-electron chi connectivity index (χ2n) is 4.98. The quantitative estimate of drug-likeness (QED) is 0.728. The summed E-state index contributed by atoms with van der Waals surface area (Å²) in [6.45, 7) is 0.246. The molecule has 2 heterocycles. The lowest BCUT2D eigenvalue weighted by Crippen LogP contribution is -2.31. The maximum Gasteiger partial charge on any atom is 0.266 e. The van der Waals surface area contributed by atoms with Crippen LogP contribution < -0.4 is 10.3 Å². The van der Waals surface area contributed by atoms with Crippen molar-refractivity contribution in [3.8, 4) is 11.3 Å². The van der Waals surface area contributed by atoms with Crippen LogP contribution >= 0.6 is 11.3 Å². The third-order valence-corrected chi connectivity index (χ3v) is 6.17. The SMILES string of the molecule is O=c1ccc(-c2ccccc2)nn1CCNS(=O)(=O)c1cccs1. The monoisotopic (exact) mass is 361 g/mol. The van der Waals surface area contributed by atoms with Crippen LogP contribution in [0.5, 0.6) is 0 Å². The smallest absolute Gasteiger partial charge is 0.266 e. The Morgan fingerprint density at radius 2 is 1.83 bits per heavy atom. The van der Waals surface area contributed by atoms with Gasteiger partial charge >= 0.3 is 0 Å². The van der Waals surface area contributed by atoms with Gasteiger partial charge in [0.1, 0.15) is 4.21 Å². The Morgan fingerprint density at radius 1 is 1.04 bits per heavy atom. The third-order valence-electron chi connectivity index (χ3n) is 3.31. The minimum atomic E-state index is -3.54. The summed E-state index contributed by atoms with van der Waals surface area (Å²) in [7, 11) is -3.54. The largest absolute Gasteiger partial charge is 0.268 e. The number of thiophene rings is 1. The van der Waals surface area contributed by atoms with E-state index in [0.717, 1.165) is 16.9 Å². The molecule has 1 aromatic carbocycles. The highest BCUT2D eigenvalue weighted by molar-refractivity contribution is 7.91. The maximum absolute atomic E-state index is 12.0. The van der Waals surface area contributed by atoms with Gasteiger partial charge in [0.25, 0.3) is 5.56 Å². The zero-order valence-electron chi connectivity index (χ0n) is 12.6. The lowest BCUT2D eigenvalue weighted by Gasteiger charge is -2.08. The lowest BCUT2D eigenvalue weighted by molar-refractivity contribution is 0.550. The van der Waals surface area contributed by atoms with Gasteiger partial charge in [-0.25, -0.2) is 17.8 Å². The van der Waals surface area contributed by atoms with E-state index >= 15 is 0 Å². The molecule has 0 bridgehead atoms. The van der Waals surface area contributed by atoms with Crippen LogP contribution in [0.3, 0.4) is 0 Å². The first-order chi connectivity index (χ1) is 11.6. The van der Waals surface area contributed by atoms with Crippen LogP contribution in [0.4, 0.5) is 0 Å². The Hall–Kier alpha value is -2.29. The zero-order valence-corrected chi connectivity index (χ0v) is 14.3. The third kappa shape index (κ3) is 3.78. The van der Waals surface area contributed by atoms with Crippen molar-refractivity contribution in [3.63, 3.8) is 0 Å². The number of sulfonamides is 1. The van der Waals surface area contributed by atoms with E-state index in [1.165, 1.54) is 16.8 Å². The van der Waals surface area contributed by atoms with Crippen molar-refractivity contribution in [2.75, 3.05) is 6.54 Å². The number of nitrogens with one attached hydrogen (secondary N) is 1. The van der Waals surface area contributed by atoms with Gasteiger partial charge in [0.15, 0.2) is 0 Å². The van der Waals surface area contributed by atoms with Gasteiger partial charge in [-0.1, -0.05) is 36.4 Å². The van der Waals surface area contributed by atoms with Crippen molar-refractivity contribution >= 4 is 21.4 Å². The molecule has 0 aliphatic heterocycles. The molecule has 24 heavy (non-hydrogen) atoms. The van der Waals surface area contributed by atoms with E-state index in [2.05, 4.69) is 9.82 Å². The zero-order chi connectivity index (χ0) is 17.0. The van der Waals surface area contributed by atoms with Gasteiger partial charge < -0.3 is 0 Å². The molecule has 8 heteroatoms. The molecule has 0 unspecified atom stereocenters. The Balaban J connectivity index is 1.73. The van der Waals surface area contributed by atoms with Crippen LogP contribution in [0.15, 0.2) is 69.0 Å². The first-order valence-corrected chi connectivity index (χ1v) is 9.59. The molecule has 6 nitrogen and oxygen atoms in total. The molecule has 0 aliphatic rings. The van der Waals surface area contributed by atoms with Crippen LogP contribution in [0.2, 0.25) is 0 Å². The molecular formula is C16H15N3O3S2. The first kappa shape index (κ1) is 16.6. The molecule has 1 N–H and O–H groups in total. The highest BCUT2D eigenvalue weighted by Gasteiger charge is 2.14. The van der Waals surface area contributed by atoms with E-state index in [0.29, 0.717) is 5.69 Å². The fourth-order valence-electron chi connectivity index (χ4n) is 2.15. The summed E-state index contributed by atoms with van der Waals surface area (Å²) in [4.78, 5) is 11.9. The van der Waals surface area contributed by atoms with Crippen LogP contribution in [0.1, 0.15) is 0 Å². The summed E-state index contributed by atoms with van der Waals surface area (Å²) in [6.07, 6.45) is 0. The minimum Gasteiger partial charge on any atom is -0.268 e. The van der Waals surface area contributed by atoms with Gasteiger partial charge in [-0.2, -0.15) is 5.10 Å². The van der Waals surface area contributed by atoms with Crippen LogP contribution in [-0.4, -0.2) is 24.7 Å². The Bertz CT molecular complexity index is 965. The molecule has 0 fully saturated rings. The summed E-state index contributed by atoms with van der Waals surface area (Å²) < 4.78 is 28.1. The van der Waals surface area contributed by atoms with E-state index in [1.54, 1.807) is 17.5 Å². The number of hydrogen-bond acceptors (Lipinski definition) is 5.